The van der Waals surface area contributed by atoms with Crippen molar-refractivity contribution >= 4 is 62.6 Å². The van der Waals surface area contributed by atoms with E-state index in [9.17, 15) is 32.4 Å². The first kappa shape index (κ1) is 39.8. The van der Waals surface area contributed by atoms with Crippen molar-refractivity contribution in [1.82, 2.24) is 26.2 Å². The van der Waals surface area contributed by atoms with Crippen LogP contribution in [0.4, 0.5) is 4.79 Å². The van der Waals surface area contributed by atoms with Gasteiger partial charge in [-0.15, -0.1) is 0 Å². The van der Waals surface area contributed by atoms with E-state index in [1.165, 1.54) is 4.90 Å². The second-order valence-corrected chi connectivity index (χ2v) is 23.1. The zero-order chi connectivity index (χ0) is 36.9. The summed E-state index contributed by atoms with van der Waals surface area (Å²) < 4.78 is 24.6. The molecule has 12 nitrogen and oxygen atoms in total. The summed E-state index contributed by atoms with van der Waals surface area (Å²) >= 11 is 12.4. The number of amides is 5. The van der Waals surface area contributed by atoms with Crippen molar-refractivity contribution in [2.24, 2.45) is 17.3 Å². The van der Waals surface area contributed by atoms with E-state index in [1.54, 1.807) is 27.7 Å². The van der Waals surface area contributed by atoms with E-state index in [1.807, 2.05) is 6.92 Å². The number of piperidine rings is 1. The van der Waals surface area contributed by atoms with Gasteiger partial charge in [-0.2, -0.15) is 0 Å². The monoisotopic (exact) mass is 872 g/mol. The van der Waals surface area contributed by atoms with E-state index < -0.39 is 109 Å². The number of hydrogen-bond acceptors (Lipinski definition) is 7. The Balaban J connectivity index is 1.38. The summed E-state index contributed by atoms with van der Waals surface area (Å²) in [7, 11) is -3.38. The van der Waals surface area contributed by atoms with E-state index in [-0.39, 0.29) is 18.3 Å². The number of alkyl halides is 4. The standard InChI is InChI=1S/C34H53Cl2IN5O7S/c1-6-7-17-37-26(23(43)27(44)38-20-13-14-20)40-29(46)32(5)24-21(34(24,35)36)19-42(32)28(45)25(31(2,3)4)39-30(47)41-33(15-9-8-10-16-33)22-12-11-18-50(22,48)49/h20-22,24-26H,6-19H2,1-5H3,(H,38,44)(H,40,46)(H2,39,41,47)/q-1/t21?,22?,24?,25-,26?,32?/m1/s1. The summed E-state index contributed by atoms with van der Waals surface area (Å²) in [6.45, 7) is 9.10. The molecule has 0 aromatic rings. The third kappa shape index (κ3) is 7.93. The van der Waals surface area contributed by atoms with Gasteiger partial charge in [0.25, 0.3) is 0 Å². The van der Waals surface area contributed by atoms with Crippen LogP contribution in [0.25, 0.3) is 0 Å². The van der Waals surface area contributed by atoms with Gasteiger partial charge in [-0.05, 0) is 12.8 Å². The topological polar surface area (TPSA) is 171 Å². The third-order valence-electron chi connectivity index (χ3n) is 11.3. The van der Waals surface area contributed by atoms with Crippen molar-refractivity contribution in [3.05, 3.63) is 0 Å². The molecule has 0 spiro atoms. The zero-order valence-electron chi connectivity index (χ0n) is 29.7. The van der Waals surface area contributed by atoms with Crippen LogP contribution < -0.4 is 42.5 Å². The van der Waals surface area contributed by atoms with E-state index in [4.69, 9.17) is 23.2 Å². The number of carbonyl (C=O) groups is 5. The molecule has 5 rings (SSSR count). The molecule has 2 saturated heterocycles. The van der Waals surface area contributed by atoms with Crippen LogP contribution in [0, 0.1) is 17.3 Å². The van der Waals surface area contributed by atoms with Gasteiger partial charge < -0.3 is 0 Å². The van der Waals surface area contributed by atoms with Crippen LogP contribution in [0.2, 0.25) is 0 Å². The number of unbranched alkanes of at least 4 members (excludes halogenated alkanes) is 1. The molecular weight excluding hydrogens is 820 g/mol. The van der Waals surface area contributed by atoms with E-state index in [0.29, 0.717) is 25.7 Å². The first-order chi connectivity index (χ1) is 23.3. The van der Waals surface area contributed by atoms with Crippen LogP contribution in [-0.4, -0.2) is 96.4 Å². The Hall–Kier alpha value is -1.39. The molecule has 4 N–H and O–H groups in total. The number of urea groups is 1. The third-order valence-corrected chi connectivity index (χ3v) is 17.9. The summed E-state index contributed by atoms with van der Waals surface area (Å²) in [4.78, 5) is 70.4. The minimum atomic E-state index is -3.38. The summed E-state index contributed by atoms with van der Waals surface area (Å²) in [6, 6.07) is -1.76. The Morgan fingerprint density at radius 2 is 1.64 bits per heavy atom. The Morgan fingerprint density at radius 1 is 0.980 bits per heavy atom. The normalized spacial score (nSPS) is 30.5. The van der Waals surface area contributed by atoms with E-state index in [0.717, 1.165) is 49.4 Å². The number of ketones is 1. The molecule has 0 aromatic carbocycles. The second-order valence-electron chi connectivity index (χ2n) is 16.1. The van der Waals surface area contributed by atoms with Gasteiger partial charge in [0.15, 0.2) is 9.84 Å². The average Bonchev–Trinajstić information content (AvgIpc) is 3.85. The molecular formula is C34H53Cl2IN5O7S-. The number of likely N-dealkylation sites (tertiary alicyclic amines) is 1. The summed E-state index contributed by atoms with van der Waals surface area (Å²) in [5.41, 5.74) is -3.31. The minimum absolute atomic E-state index is 0.0213. The molecule has 6 atom stereocenters. The zero-order valence-corrected chi connectivity index (χ0v) is 34.2. The van der Waals surface area contributed by atoms with Crippen molar-refractivity contribution in [3.8, 4) is 0 Å². The number of Topliss-reactive ketones (excluding diaryl/α,β-unsaturated/α-hetero) is 1. The number of fused-ring (bicyclic) bond motifs is 1. The van der Waals surface area contributed by atoms with Gasteiger partial charge in [-0.1, -0.05) is 19.3 Å². The van der Waals surface area contributed by atoms with Gasteiger partial charge in [-0.3, -0.25) is 0 Å². The van der Waals surface area contributed by atoms with Crippen LogP contribution in [0.15, 0.2) is 0 Å². The van der Waals surface area contributed by atoms with Crippen molar-refractivity contribution in [1.29, 1.82) is 0 Å². The molecule has 0 radical (unpaired) electrons. The summed E-state index contributed by atoms with van der Waals surface area (Å²) in [5.74, 6) is -3.47. The average molecular weight is 874 g/mol. The van der Waals surface area contributed by atoms with Gasteiger partial charge in [0.05, 0.1) is 5.75 Å². The molecule has 50 heavy (non-hydrogen) atoms. The molecule has 0 bridgehead atoms. The number of halogens is 3. The van der Waals surface area contributed by atoms with Crippen molar-refractivity contribution in [3.63, 3.8) is 0 Å². The van der Waals surface area contributed by atoms with E-state index >= 15 is 0 Å². The number of rotatable bonds is 13. The first-order valence-corrected chi connectivity index (χ1v) is 23.3. The fraction of sp³-hybridized carbons (Fsp3) is 0.853. The van der Waals surface area contributed by atoms with Gasteiger partial charge in [0.1, 0.15) is 0 Å². The molecule has 3 aliphatic carbocycles. The number of carbonyl (C=O) groups excluding carboxylic acids is 5. The Labute approximate surface area is 316 Å². The van der Waals surface area contributed by atoms with Crippen LogP contribution in [-0.2, 0) is 29.0 Å². The van der Waals surface area contributed by atoms with Gasteiger partial charge in [0, 0.05) is 0 Å². The molecule has 5 unspecified atom stereocenters. The number of hydrogen-bond donors (Lipinski definition) is 4. The van der Waals surface area contributed by atoms with Crippen molar-refractivity contribution in [2.75, 3.05) is 16.7 Å². The summed E-state index contributed by atoms with van der Waals surface area (Å²) in [5, 5.41) is 10.8. The van der Waals surface area contributed by atoms with Crippen LogP contribution in [0.5, 0.6) is 0 Å². The maximum atomic E-state index is 14.6. The fourth-order valence-corrected chi connectivity index (χ4v) is 14.6. The Bertz CT molecular complexity index is 1480. The Morgan fingerprint density at radius 3 is 2.20 bits per heavy atom. The molecule has 16 heteroatoms. The molecule has 284 valence electrons. The van der Waals surface area contributed by atoms with Gasteiger partial charge in [-0.25, -0.2) is 8.42 Å². The van der Waals surface area contributed by atoms with Crippen molar-refractivity contribution < 1.29 is 53.6 Å². The van der Waals surface area contributed by atoms with E-state index in [2.05, 4.69) is 21.3 Å². The molecule has 3 saturated carbocycles. The van der Waals surface area contributed by atoms with Crippen molar-refractivity contribution in [2.45, 2.75) is 142 Å². The van der Waals surface area contributed by atoms with Crippen LogP contribution in [0.1, 0.15) is 105 Å². The van der Waals surface area contributed by atoms with Crippen LogP contribution >= 0.6 is 23.2 Å². The molecule has 2 heterocycles. The first-order valence-electron chi connectivity index (χ1n) is 18.0. The number of nitrogens with one attached hydrogen (secondary N) is 4. The molecule has 2 aliphatic heterocycles. The second kappa shape index (κ2) is 14.8. The maximum absolute atomic E-state index is 14.6. The van der Waals surface area contributed by atoms with Crippen LogP contribution in [0.3, 0.4) is 0 Å². The predicted molar refractivity (Wildman–Crippen MR) is 187 cm³/mol. The number of nitrogens with zero attached hydrogens (tertiary/aromatic N) is 1. The summed E-state index contributed by atoms with van der Waals surface area (Å²) in [6.07, 6.45) is 8.05. The molecule has 0 aromatic heterocycles. The SMILES string of the molecule is CCCC[I-]C(NC(=O)C1(C)C2C(CN1C(=O)[C@@H](NC(=O)NC1(C3CCCS3(=O)=O)CCCCC1)C(C)(C)C)C2(Cl)Cl)C(=O)C(=O)NC1CC1. The Kier molecular flexibility index (Phi) is 11.8. The fourth-order valence-electron chi connectivity index (χ4n) is 8.19. The molecule has 5 amide bonds. The number of sulfone groups is 1. The molecule has 5 fully saturated rings. The molecule has 5 aliphatic rings. The predicted octanol–water partition coefficient (Wildman–Crippen LogP) is 0.180. The van der Waals surface area contributed by atoms with Gasteiger partial charge in [0.2, 0.25) is 0 Å². The quantitative estimate of drug-likeness (QED) is 0.0673. The van der Waals surface area contributed by atoms with Gasteiger partial charge >= 0.3 is 262 Å².